The van der Waals surface area contributed by atoms with Crippen LogP contribution >= 0.6 is 0 Å². The van der Waals surface area contributed by atoms with Gasteiger partial charge in [0.1, 0.15) is 12.2 Å². The summed E-state index contributed by atoms with van der Waals surface area (Å²) in [5, 5.41) is 7.59. The quantitative estimate of drug-likeness (QED) is 0.798. The molecule has 0 aromatic carbocycles. The van der Waals surface area contributed by atoms with Crippen molar-refractivity contribution in [3.8, 4) is 0 Å². The summed E-state index contributed by atoms with van der Waals surface area (Å²) < 4.78 is 1.85. The number of rotatable bonds is 6. The Labute approximate surface area is 98.5 Å². The summed E-state index contributed by atoms with van der Waals surface area (Å²) in [6.07, 6.45) is 2.57. The van der Waals surface area contributed by atoms with E-state index in [9.17, 15) is 0 Å². The van der Waals surface area contributed by atoms with Gasteiger partial charge in [-0.2, -0.15) is 5.10 Å². The van der Waals surface area contributed by atoms with E-state index in [-0.39, 0.29) is 5.41 Å². The molecule has 0 aliphatic rings. The zero-order chi connectivity index (χ0) is 12.2. The molecule has 0 saturated carbocycles. The Kier molecular flexibility index (Phi) is 4.47. The second-order valence-corrected chi connectivity index (χ2v) is 5.67. The summed E-state index contributed by atoms with van der Waals surface area (Å²) in [5.41, 5.74) is 0.218. The average Bonchev–Trinajstić information content (AvgIpc) is 2.50. The van der Waals surface area contributed by atoms with Crippen molar-refractivity contribution < 1.29 is 0 Å². The Morgan fingerprint density at radius 2 is 2.12 bits per heavy atom. The summed E-state index contributed by atoms with van der Waals surface area (Å²) >= 11 is 0. The summed E-state index contributed by atoms with van der Waals surface area (Å²) in [7, 11) is 1.94. The van der Waals surface area contributed by atoms with Crippen LogP contribution in [0.4, 0.5) is 0 Å². The van der Waals surface area contributed by atoms with E-state index in [4.69, 9.17) is 0 Å². The maximum atomic E-state index is 4.27. The van der Waals surface area contributed by atoms with Crippen LogP contribution in [0.5, 0.6) is 0 Å². The summed E-state index contributed by atoms with van der Waals surface area (Å²) in [4.78, 5) is 4.27. The molecule has 0 saturated heterocycles. The first-order chi connectivity index (χ1) is 7.41. The van der Waals surface area contributed by atoms with E-state index in [1.807, 2.05) is 11.7 Å². The first-order valence-electron chi connectivity index (χ1n) is 5.94. The summed E-state index contributed by atoms with van der Waals surface area (Å²) in [5.74, 6) is 1.75. The number of hydrogen-bond acceptors (Lipinski definition) is 3. The Morgan fingerprint density at radius 1 is 1.44 bits per heavy atom. The first-order valence-corrected chi connectivity index (χ1v) is 5.94. The van der Waals surface area contributed by atoms with E-state index in [1.54, 1.807) is 6.33 Å². The van der Waals surface area contributed by atoms with Gasteiger partial charge in [0.25, 0.3) is 0 Å². The second-order valence-electron chi connectivity index (χ2n) is 5.67. The molecular weight excluding hydrogens is 200 g/mol. The molecule has 0 bridgehead atoms. The van der Waals surface area contributed by atoms with E-state index >= 15 is 0 Å². The molecule has 92 valence electrons. The highest BCUT2D eigenvalue weighted by molar-refractivity contribution is 4.90. The van der Waals surface area contributed by atoms with E-state index in [1.165, 1.54) is 0 Å². The van der Waals surface area contributed by atoms with Crippen molar-refractivity contribution in [1.82, 2.24) is 20.1 Å². The molecule has 0 spiro atoms. The van der Waals surface area contributed by atoms with Crippen molar-refractivity contribution >= 4 is 0 Å². The molecule has 0 atom stereocenters. The first kappa shape index (κ1) is 13.2. The van der Waals surface area contributed by atoms with Crippen LogP contribution < -0.4 is 5.32 Å². The minimum absolute atomic E-state index is 0.218. The van der Waals surface area contributed by atoms with Gasteiger partial charge in [0.15, 0.2) is 0 Å². The topological polar surface area (TPSA) is 42.7 Å². The van der Waals surface area contributed by atoms with E-state index < -0.39 is 0 Å². The molecule has 0 amide bonds. The predicted octanol–water partition coefficient (Wildman–Crippen LogP) is 1.63. The SMILES string of the molecule is CC(C)CNCC(C)(C)Cc1ncnn1C. The fourth-order valence-corrected chi connectivity index (χ4v) is 1.67. The highest BCUT2D eigenvalue weighted by Crippen LogP contribution is 2.19. The summed E-state index contributed by atoms with van der Waals surface area (Å²) in [6.45, 7) is 11.1. The molecule has 16 heavy (non-hydrogen) atoms. The van der Waals surface area contributed by atoms with Crippen molar-refractivity contribution in [2.75, 3.05) is 13.1 Å². The number of hydrogen-bond donors (Lipinski definition) is 1. The predicted molar refractivity (Wildman–Crippen MR) is 66.2 cm³/mol. The average molecular weight is 224 g/mol. The van der Waals surface area contributed by atoms with Gasteiger partial charge in [0, 0.05) is 20.0 Å². The molecule has 0 fully saturated rings. The van der Waals surface area contributed by atoms with Crippen molar-refractivity contribution in [3.05, 3.63) is 12.2 Å². The van der Waals surface area contributed by atoms with E-state index in [0.717, 1.165) is 25.3 Å². The van der Waals surface area contributed by atoms with E-state index in [0.29, 0.717) is 5.92 Å². The molecule has 0 unspecified atom stereocenters. The third-order valence-electron chi connectivity index (χ3n) is 2.60. The highest BCUT2D eigenvalue weighted by atomic mass is 15.3. The van der Waals surface area contributed by atoms with Crippen molar-refractivity contribution in [1.29, 1.82) is 0 Å². The number of aryl methyl sites for hydroxylation is 1. The van der Waals surface area contributed by atoms with Crippen LogP contribution in [0.1, 0.15) is 33.5 Å². The molecule has 1 aromatic heterocycles. The molecular formula is C12H24N4. The lowest BCUT2D eigenvalue weighted by Crippen LogP contribution is -2.33. The van der Waals surface area contributed by atoms with Crippen LogP contribution in [0.15, 0.2) is 6.33 Å². The summed E-state index contributed by atoms with van der Waals surface area (Å²) in [6, 6.07) is 0. The highest BCUT2D eigenvalue weighted by Gasteiger charge is 2.20. The van der Waals surface area contributed by atoms with Gasteiger partial charge < -0.3 is 5.32 Å². The largest absolute Gasteiger partial charge is 0.316 e. The molecule has 1 rings (SSSR count). The Hall–Kier alpha value is -0.900. The fraction of sp³-hybridized carbons (Fsp3) is 0.833. The standard InChI is InChI=1S/C12H24N4/c1-10(2)7-13-8-12(3,4)6-11-14-9-15-16(11)5/h9-10,13H,6-8H2,1-5H3. The molecule has 0 radical (unpaired) electrons. The van der Waals surface area contributed by atoms with Crippen LogP contribution in [-0.4, -0.2) is 27.9 Å². The van der Waals surface area contributed by atoms with Crippen molar-refractivity contribution in [3.63, 3.8) is 0 Å². The van der Waals surface area contributed by atoms with Crippen molar-refractivity contribution in [2.24, 2.45) is 18.4 Å². The normalized spacial score (nSPS) is 12.4. The minimum atomic E-state index is 0.218. The van der Waals surface area contributed by atoms with Crippen LogP contribution in [0.25, 0.3) is 0 Å². The van der Waals surface area contributed by atoms with Gasteiger partial charge in [-0.3, -0.25) is 4.68 Å². The zero-order valence-electron chi connectivity index (χ0n) is 11.1. The molecule has 0 aliphatic carbocycles. The molecule has 4 nitrogen and oxygen atoms in total. The molecule has 1 N–H and O–H groups in total. The zero-order valence-corrected chi connectivity index (χ0v) is 11.1. The van der Waals surface area contributed by atoms with Gasteiger partial charge >= 0.3 is 0 Å². The van der Waals surface area contributed by atoms with Gasteiger partial charge in [-0.1, -0.05) is 27.7 Å². The third-order valence-corrected chi connectivity index (χ3v) is 2.60. The third kappa shape index (κ3) is 4.31. The minimum Gasteiger partial charge on any atom is -0.316 e. The Balaban J connectivity index is 2.42. The van der Waals surface area contributed by atoms with Crippen LogP contribution in [0.3, 0.4) is 0 Å². The number of nitrogens with one attached hydrogen (secondary N) is 1. The van der Waals surface area contributed by atoms with Gasteiger partial charge in [0.05, 0.1) is 0 Å². The van der Waals surface area contributed by atoms with Gasteiger partial charge in [-0.05, 0) is 17.9 Å². The lowest BCUT2D eigenvalue weighted by Gasteiger charge is -2.25. The monoisotopic (exact) mass is 224 g/mol. The maximum absolute atomic E-state index is 4.27. The molecule has 1 aromatic rings. The lowest BCUT2D eigenvalue weighted by molar-refractivity contribution is 0.320. The molecule has 1 heterocycles. The smallest absolute Gasteiger partial charge is 0.138 e. The van der Waals surface area contributed by atoms with Crippen LogP contribution in [-0.2, 0) is 13.5 Å². The van der Waals surface area contributed by atoms with Crippen molar-refractivity contribution in [2.45, 2.75) is 34.1 Å². The van der Waals surface area contributed by atoms with Gasteiger partial charge in [-0.25, -0.2) is 4.98 Å². The van der Waals surface area contributed by atoms with Gasteiger partial charge in [0.2, 0.25) is 0 Å². The Morgan fingerprint density at radius 3 is 2.62 bits per heavy atom. The van der Waals surface area contributed by atoms with E-state index in [2.05, 4.69) is 43.1 Å². The second kappa shape index (κ2) is 5.43. The maximum Gasteiger partial charge on any atom is 0.138 e. The number of nitrogens with zero attached hydrogens (tertiary/aromatic N) is 3. The number of aromatic nitrogens is 3. The Bertz CT molecular complexity index is 315. The lowest BCUT2D eigenvalue weighted by atomic mass is 9.88. The molecule has 4 heteroatoms. The van der Waals surface area contributed by atoms with Gasteiger partial charge in [-0.15, -0.1) is 0 Å². The van der Waals surface area contributed by atoms with Crippen LogP contribution in [0.2, 0.25) is 0 Å². The fourth-order valence-electron chi connectivity index (χ4n) is 1.67. The van der Waals surface area contributed by atoms with Crippen LogP contribution in [0, 0.1) is 11.3 Å². The molecule has 0 aliphatic heterocycles.